The molecular formula is C10H16ClN3O3. The van der Waals surface area contributed by atoms with E-state index in [1.54, 1.807) is 14.0 Å². The first-order valence-corrected chi connectivity index (χ1v) is 5.52. The van der Waals surface area contributed by atoms with Gasteiger partial charge in [0.25, 0.3) is 0 Å². The Bertz CT molecular complexity index is 363. The normalized spacial score (nSPS) is 10.5. The van der Waals surface area contributed by atoms with Crippen LogP contribution in [0.2, 0.25) is 5.28 Å². The maximum absolute atomic E-state index is 5.74. The van der Waals surface area contributed by atoms with Crippen molar-refractivity contribution < 1.29 is 14.2 Å². The van der Waals surface area contributed by atoms with E-state index in [0.717, 1.165) is 0 Å². The summed E-state index contributed by atoms with van der Waals surface area (Å²) in [6.45, 7) is 3.61. The van der Waals surface area contributed by atoms with Gasteiger partial charge in [0.1, 0.15) is 12.3 Å². The molecule has 1 aromatic rings. The average Bonchev–Trinajstić information content (AvgIpc) is 2.29. The van der Waals surface area contributed by atoms with Gasteiger partial charge in [-0.15, -0.1) is 0 Å². The summed E-state index contributed by atoms with van der Waals surface area (Å²) < 4.78 is 15.4. The van der Waals surface area contributed by atoms with Gasteiger partial charge in [-0.25, -0.2) is 4.98 Å². The van der Waals surface area contributed by atoms with Crippen molar-refractivity contribution in [3.8, 4) is 5.88 Å². The minimum atomic E-state index is 0.118. The van der Waals surface area contributed by atoms with Crippen LogP contribution in [0.1, 0.15) is 5.69 Å². The number of halogens is 1. The Morgan fingerprint density at radius 2 is 1.88 bits per heavy atom. The van der Waals surface area contributed by atoms with E-state index in [0.29, 0.717) is 37.8 Å². The number of hydrogen-bond donors (Lipinski definition) is 1. The number of nitrogen functional groups attached to an aromatic ring is 1. The summed E-state index contributed by atoms with van der Waals surface area (Å²) in [6.07, 6.45) is 0. The van der Waals surface area contributed by atoms with Crippen molar-refractivity contribution in [3.05, 3.63) is 11.0 Å². The molecule has 6 nitrogen and oxygen atoms in total. The van der Waals surface area contributed by atoms with Gasteiger partial charge >= 0.3 is 0 Å². The van der Waals surface area contributed by atoms with E-state index in [1.807, 2.05) is 0 Å². The monoisotopic (exact) mass is 261 g/mol. The predicted molar refractivity (Wildman–Crippen MR) is 64.4 cm³/mol. The number of aryl methyl sites for hydroxylation is 1. The number of hydrogen-bond acceptors (Lipinski definition) is 6. The maximum Gasteiger partial charge on any atom is 0.241 e. The Balaban J connectivity index is 2.36. The van der Waals surface area contributed by atoms with Crippen LogP contribution in [0.15, 0.2) is 0 Å². The third-order valence-electron chi connectivity index (χ3n) is 1.97. The second-order valence-electron chi connectivity index (χ2n) is 3.25. The molecule has 1 rings (SSSR count). The van der Waals surface area contributed by atoms with Crippen molar-refractivity contribution in [3.63, 3.8) is 0 Å². The predicted octanol–water partition coefficient (Wildman–Crippen LogP) is 1.06. The van der Waals surface area contributed by atoms with Crippen molar-refractivity contribution in [2.75, 3.05) is 39.3 Å². The fourth-order valence-corrected chi connectivity index (χ4v) is 1.28. The summed E-state index contributed by atoms with van der Waals surface area (Å²) in [5.74, 6) is 0.290. The number of rotatable bonds is 7. The number of nitrogens with two attached hydrogens (primary N) is 1. The molecule has 0 atom stereocenters. The standard InChI is InChI=1S/C10H16ClN3O3/c1-7-8(12)9(14-10(11)13-7)17-6-5-16-4-3-15-2/h3-6,12H2,1-2H3. The smallest absolute Gasteiger partial charge is 0.241 e. The van der Waals surface area contributed by atoms with E-state index in [9.17, 15) is 0 Å². The molecule has 0 aliphatic carbocycles. The van der Waals surface area contributed by atoms with Crippen LogP contribution in [-0.4, -0.2) is 43.5 Å². The van der Waals surface area contributed by atoms with Gasteiger partial charge in [0.05, 0.1) is 25.5 Å². The van der Waals surface area contributed by atoms with Crippen LogP contribution in [0.25, 0.3) is 0 Å². The first-order valence-electron chi connectivity index (χ1n) is 5.14. The summed E-state index contributed by atoms with van der Waals surface area (Å²) in [5, 5.41) is 0.118. The molecule has 0 spiro atoms. The number of ether oxygens (including phenoxy) is 3. The highest BCUT2D eigenvalue weighted by Crippen LogP contribution is 2.22. The zero-order valence-electron chi connectivity index (χ0n) is 9.90. The molecule has 0 unspecified atom stereocenters. The molecule has 0 aliphatic rings. The minimum Gasteiger partial charge on any atom is -0.474 e. The fraction of sp³-hybridized carbons (Fsp3) is 0.600. The number of methoxy groups -OCH3 is 1. The second-order valence-corrected chi connectivity index (χ2v) is 3.59. The molecule has 0 fully saturated rings. The Hall–Kier alpha value is -1.11. The van der Waals surface area contributed by atoms with Crippen LogP contribution in [0.3, 0.4) is 0 Å². The quantitative estimate of drug-likeness (QED) is 0.584. The summed E-state index contributed by atoms with van der Waals surface area (Å²) in [5.41, 5.74) is 6.74. The summed E-state index contributed by atoms with van der Waals surface area (Å²) in [7, 11) is 1.62. The molecule has 2 N–H and O–H groups in total. The van der Waals surface area contributed by atoms with Gasteiger partial charge in [-0.05, 0) is 18.5 Å². The highest BCUT2D eigenvalue weighted by atomic mass is 35.5. The summed E-state index contributed by atoms with van der Waals surface area (Å²) in [6, 6.07) is 0. The minimum absolute atomic E-state index is 0.118. The Morgan fingerprint density at radius 3 is 2.59 bits per heavy atom. The highest BCUT2D eigenvalue weighted by molar-refractivity contribution is 6.28. The number of nitrogens with zero attached hydrogens (tertiary/aromatic N) is 2. The molecular weight excluding hydrogens is 246 g/mol. The van der Waals surface area contributed by atoms with Crippen molar-refractivity contribution in [1.29, 1.82) is 0 Å². The van der Waals surface area contributed by atoms with Crippen LogP contribution in [0.5, 0.6) is 5.88 Å². The maximum atomic E-state index is 5.74. The fourth-order valence-electron chi connectivity index (χ4n) is 1.07. The van der Waals surface area contributed by atoms with Gasteiger partial charge in [0.2, 0.25) is 11.2 Å². The zero-order valence-corrected chi connectivity index (χ0v) is 10.7. The van der Waals surface area contributed by atoms with Gasteiger partial charge in [-0.1, -0.05) is 0 Å². The van der Waals surface area contributed by atoms with Gasteiger partial charge in [-0.2, -0.15) is 4.98 Å². The van der Waals surface area contributed by atoms with E-state index in [2.05, 4.69) is 9.97 Å². The Morgan fingerprint density at radius 1 is 1.18 bits per heavy atom. The van der Waals surface area contributed by atoms with E-state index >= 15 is 0 Å². The van der Waals surface area contributed by atoms with E-state index in [4.69, 9.17) is 31.5 Å². The molecule has 7 heteroatoms. The zero-order chi connectivity index (χ0) is 12.7. The van der Waals surface area contributed by atoms with E-state index in [1.165, 1.54) is 0 Å². The molecule has 0 amide bonds. The lowest BCUT2D eigenvalue weighted by atomic mass is 10.4. The third kappa shape index (κ3) is 4.72. The molecule has 1 heterocycles. The van der Waals surface area contributed by atoms with Crippen molar-refractivity contribution >= 4 is 17.3 Å². The van der Waals surface area contributed by atoms with Crippen LogP contribution in [-0.2, 0) is 9.47 Å². The molecule has 0 saturated carbocycles. The third-order valence-corrected chi connectivity index (χ3v) is 2.14. The summed E-state index contributed by atoms with van der Waals surface area (Å²) in [4.78, 5) is 7.80. The number of aromatic nitrogens is 2. The van der Waals surface area contributed by atoms with E-state index in [-0.39, 0.29) is 11.2 Å². The lowest BCUT2D eigenvalue weighted by Crippen LogP contribution is -2.12. The Kier molecular flexibility index (Phi) is 5.96. The number of anilines is 1. The van der Waals surface area contributed by atoms with Crippen LogP contribution < -0.4 is 10.5 Å². The highest BCUT2D eigenvalue weighted by Gasteiger charge is 2.08. The molecule has 1 aromatic heterocycles. The first-order chi connectivity index (χ1) is 8.15. The molecule has 0 bridgehead atoms. The Labute approximate surface area is 105 Å². The van der Waals surface area contributed by atoms with Crippen LogP contribution in [0.4, 0.5) is 5.69 Å². The van der Waals surface area contributed by atoms with Crippen molar-refractivity contribution in [1.82, 2.24) is 9.97 Å². The molecule has 17 heavy (non-hydrogen) atoms. The SMILES string of the molecule is COCCOCCOc1nc(Cl)nc(C)c1N. The van der Waals surface area contributed by atoms with Gasteiger partial charge in [0.15, 0.2) is 0 Å². The van der Waals surface area contributed by atoms with E-state index < -0.39 is 0 Å². The molecule has 0 aromatic carbocycles. The van der Waals surface area contributed by atoms with Gasteiger partial charge < -0.3 is 19.9 Å². The lowest BCUT2D eigenvalue weighted by Gasteiger charge is -2.09. The topological polar surface area (TPSA) is 79.5 Å². The molecule has 96 valence electrons. The summed E-state index contributed by atoms with van der Waals surface area (Å²) >= 11 is 5.70. The molecule has 0 radical (unpaired) electrons. The molecule has 0 aliphatic heterocycles. The molecule has 0 saturated heterocycles. The second kappa shape index (κ2) is 7.26. The van der Waals surface area contributed by atoms with Gasteiger partial charge in [0, 0.05) is 7.11 Å². The largest absolute Gasteiger partial charge is 0.474 e. The average molecular weight is 262 g/mol. The van der Waals surface area contributed by atoms with Gasteiger partial charge in [-0.3, -0.25) is 0 Å². The first kappa shape index (κ1) is 14.0. The van der Waals surface area contributed by atoms with Crippen LogP contribution >= 0.6 is 11.6 Å². The lowest BCUT2D eigenvalue weighted by molar-refractivity contribution is 0.0538. The van der Waals surface area contributed by atoms with Crippen molar-refractivity contribution in [2.24, 2.45) is 0 Å². The van der Waals surface area contributed by atoms with Crippen molar-refractivity contribution in [2.45, 2.75) is 6.92 Å². The van der Waals surface area contributed by atoms with Crippen LogP contribution in [0, 0.1) is 6.92 Å².